The maximum atomic E-state index is 13.9. The van der Waals surface area contributed by atoms with Crippen LogP contribution < -0.4 is 0 Å². The molecule has 1 heterocycles. The Hall–Kier alpha value is -0.260. The first-order valence-electron chi connectivity index (χ1n) is 6.69. The maximum Gasteiger partial charge on any atom is 0.152 e. The van der Waals surface area contributed by atoms with Gasteiger partial charge in [0.15, 0.2) is 6.17 Å². The van der Waals surface area contributed by atoms with E-state index in [1.54, 1.807) is 0 Å². The molecule has 0 aromatic heterocycles. The summed E-state index contributed by atoms with van der Waals surface area (Å²) >= 11 is 0. The van der Waals surface area contributed by atoms with Crippen LogP contribution in [0.15, 0.2) is 0 Å². The second-order valence-electron chi connectivity index (χ2n) is 5.76. The van der Waals surface area contributed by atoms with E-state index in [1.807, 2.05) is 6.92 Å². The Morgan fingerprint density at radius 1 is 1.28 bits per heavy atom. The fraction of sp³-hybridized carbons (Fsp3) is 1.00. The molecule has 8 atom stereocenters. The zero-order valence-electron chi connectivity index (χ0n) is 10.8. The molecule has 2 fully saturated rings. The SMILES string of the molecule is CC(O)C(F)C1OCC2C(F)C(O)CCC2C1C. The lowest BCUT2D eigenvalue weighted by atomic mass is 9.67. The Morgan fingerprint density at radius 2 is 1.94 bits per heavy atom. The fourth-order valence-electron chi connectivity index (χ4n) is 3.40. The summed E-state index contributed by atoms with van der Waals surface area (Å²) in [6, 6.07) is 0. The number of alkyl halides is 2. The molecule has 1 saturated carbocycles. The topological polar surface area (TPSA) is 49.7 Å². The average Bonchev–Trinajstić information content (AvgIpc) is 2.33. The van der Waals surface area contributed by atoms with Crippen LogP contribution in [0.3, 0.4) is 0 Å². The summed E-state index contributed by atoms with van der Waals surface area (Å²) in [6.07, 6.45) is -4.28. The molecule has 0 aromatic carbocycles. The van der Waals surface area contributed by atoms with E-state index < -0.39 is 30.7 Å². The Labute approximate surface area is 106 Å². The quantitative estimate of drug-likeness (QED) is 0.794. The molecule has 1 aliphatic heterocycles. The van der Waals surface area contributed by atoms with Crippen LogP contribution in [0.25, 0.3) is 0 Å². The number of ether oxygens (including phenoxy) is 1. The molecule has 0 radical (unpaired) electrons. The summed E-state index contributed by atoms with van der Waals surface area (Å²) in [7, 11) is 0. The maximum absolute atomic E-state index is 13.9. The predicted octanol–water partition coefficient (Wildman–Crippen LogP) is 1.47. The van der Waals surface area contributed by atoms with E-state index in [0.717, 1.165) is 0 Å². The Bertz CT molecular complexity index is 287. The first-order valence-corrected chi connectivity index (χ1v) is 6.69. The van der Waals surface area contributed by atoms with Crippen molar-refractivity contribution >= 4 is 0 Å². The summed E-state index contributed by atoms with van der Waals surface area (Å²) in [5, 5.41) is 18.8. The largest absolute Gasteiger partial charge is 0.390 e. The van der Waals surface area contributed by atoms with Crippen LogP contribution in [-0.2, 0) is 4.74 Å². The van der Waals surface area contributed by atoms with Gasteiger partial charge in [0.2, 0.25) is 0 Å². The van der Waals surface area contributed by atoms with E-state index >= 15 is 0 Å². The molecule has 2 rings (SSSR count). The van der Waals surface area contributed by atoms with Crippen molar-refractivity contribution in [1.82, 2.24) is 0 Å². The number of fused-ring (bicyclic) bond motifs is 1. The lowest BCUT2D eigenvalue weighted by Crippen LogP contribution is -2.54. The lowest BCUT2D eigenvalue weighted by Gasteiger charge is -2.47. The van der Waals surface area contributed by atoms with Gasteiger partial charge in [0.05, 0.1) is 24.9 Å². The molecule has 106 valence electrons. The summed E-state index contributed by atoms with van der Waals surface area (Å²) in [6.45, 7) is 3.38. The Morgan fingerprint density at radius 3 is 2.56 bits per heavy atom. The van der Waals surface area contributed by atoms with Crippen molar-refractivity contribution < 1.29 is 23.7 Å². The van der Waals surface area contributed by atoms with Gasteiger partial charge >= 0.3 is 0 Å². The van der Waals surface area contributed by atoms with Crippen LogP contribution in [0.1, 0.15) is 26.7 Å². The molecule has 0 spiro atoms. The van der Waals surface area contributed by atoms with Gasteiger partial charge in [-0.05, 0) is 31.6 Å². The van der Waals surface area contributed by atoms with Crippen molar-refractivity contribution in [2.45, 2.75) is 57.3 Å². The van der Waals surface area contributed by atoms with Crippen LogP contribution in [-0.4, -0.2) is 47.5 Å². The minimum Gasteiger partial charge on any atom is -0.390 e. The fourth-order valence-corrected chi connectivity index (χ4v) is 3.40. The zero-order chi connectivity index (χ0) is 13.4. The highest BCUT2D eigenvalue weighted by atomic mass is 19.1. The van der Waals surface area contributed by atoms with E-state index in [-0.39, 0.29) is 24.4 Å². The number of hydrogen-bond donors (Lipinski definition) is 2. The molecular weight excluding hydrogens is 242 g/mol. The van der Waals surface area contributed by atoms with E-state index in [9.17, 15) is 19.0 Å². The molecule has 18 heavy (non-hydrogen) atoms. The molecule has 3 nitrogen and oxygen atoms in total. The van der Waals surface area contributed by atoms with E-state index in [1.165, 1.54) is 6.92 Å². The van der Waals surface area contributed by atoms with Crippen LogP contribution in [0.2, 0.25) is 0 Å². The summed E-state index contributed by atoms with van der Waals surface area (Å²) in [4.78, 5) is 0. The molecule has 0 bridgehead atoms. The standard InChI is InChI=1S/C13H22F2O3/c1-6-8-3-4-10(17)12(15)9(8)5-18-13(6)11(14)7(2)16/h6-13,16-17H,3-5H2,1-2H3. The van der Waals surface area contributed by atoms with Crippen LogP contribution in [0.5, 0.6) is 0 Å². The third kappa shape index (κ3) is 2.40. The summed E-state index contributed by atoms with van der Waals surface area (Å²) < 4.78 is 33.2. The van der Waals surface area contributed by atoms with Gasteiger partial charge in [0.1, 0.15) is 6.17 Å². The molecule has 5 heteroatoms. The molecule has 8 unspecified atom stereocenters. The number of rotatable bonds is 2. The zero-order valence-corrected chi connectivity index (χ0v) is 10.8. The second kappa shape index (κ2) is 5.39. The lowest BCUT2D eigenvalue weighted by molar-refractivity contribution is -0.172. The minimum absolute atomic E-state index is 0.0270. The van der Waals surface area contributed by atoms with Crippen LogP contribution in [0.4, 0.5) is 8.78 Å². The summed E-state index contributed by atoms with van der Waals surface area (Å²) in [5.41, 5.74) is 0. The van der Waals surface area contributed by atoms with Gasteiger partial charge < -0.3 is 14.9 Å². The average molecular weight is 264 g/mol. The van der Waals surface area contributed by atoms with Gasteiger partial charge in [0, 0.05) is 5.92 Å². The first-order chi connectivity index (χ1) is 8.43. The van der Waals surface area contributed by atoms with E-state index in [2.05, 4.69) is 0 Å². The Kier molecular flexibility index (Phi) is 4.24. The number of hydrogen-bond acceptors (Lipinski definition) is 3. The smallest absolute Gasteiger partial charge is 0.152 e. The number of aliphatic hydroxyl groups is 2. The van der Waals surface area contributed by atoms with Crippen molar-refractivity contribution in [3.8, 4) is 0 Å². The van der Waals surface area contributed by atoms with Crippen LogP contribution in [0, 0.1) is 17.8 Å². The second-order valence-corrected chi connectivity index (χ2v) is 5.76. The number of halogens is 2. The van der Waals surface area contributed by atoms with E-state index in [4.69, 9.17) is 4.74 Å². The minimum atomic E-state index is -1.44. The molecule has 1 aliphatic carbocycles. The molecule has 1 saturated heterocycles. The van der Waals surface area contributed by atoms with Crippen molar-refractivity contribution in [3.05, 3.63) is 0 Å². The van der Waals surface area contributed by atoms with Crippen LogP contribution >= 0.6 is 0 Å². The van der Waals surface area contributed by atoms with Gasteiger partial charge in [-0.25, -0.2) is 8.78 Å². The van der Waals surface area contributed by atoms with Crippen molar-refractivity contribution in [2.75, 3.05) is 6.61 Å². The first kappa shape index (κ1) is 14.2. The highest BCUT2D eigenvalue weighted by Gasteiger charge is 2.49. The molecular formula is C13H22F2O3. The molecule has 0 amide bonds. The van der Waals surface area contributed by atoms with Gasteiger partial charge in [-0.15, -0.1) is 0 Å². The predicted molar refractivity (Wildman–Crippen MR) is 62.6 cm³/mol. The Balaban J connectivity index is 2.08. The van der Waals surface area contributed by atoms with Gasteiger partial charge in [-0.1, -0.05) is 6.92 Å². The van der Waals surface area contributed by atoms with Crippen molar-refractivity contribution in [1.29, 1.82) is 0 Å². The molecule has 0 aromatic rings. The molecule has 2 N–H and O–H groups in total. The van der Waals surface area contributed by atoms with Gasteiger partial charge in [0.25, 0.3) is 0 Å². The monoisotopic (exact) mass is 264 g/mol. The molecule has 2 aliphatic rings. The van der Waals surface area contributed by atoms with E-state index in [0.29, 0.717) is 12.8 Å². The highest BCUT2D eigenvalue weighted by Crippen LogP contribution is 2.43. The van der Waals surface area contributed by atoms with Gasteiger partial charge in [-0.2, -0.15) is 0 Å². The summed E-state index contributed by atoms with van der Waals surface area (Å²) in [5.74, 6) is -0.459. The highest BCUT2D eigenvalue weighted by molar-refractivity contribution is 4.96. The third-order valence-corrected chi connectivity index (χ3v) is 4.57. The van der Waals surface area contributed by atoms with Gasteiger partial charge in [-0.3, -0.25) is 0 Å². The normalized spacial score (nSPS) is 48.3. The number of aliphatic hydroxyl groups excluding tert-OH is 2. The third-order valence-electron chi connectivity index (χ3n) is 4.57. The van der Waals surface area contributed by atoms with Crippen molar-refractivity contribution in [3.63, 3.8) is 0 Å². The van der Waals surface area contributed by atoms with Crippen molar-refractivity contribution in [2.24, 2.45) is 17.8 Å².